The average molecular weight is 254 g/mol. The minimum Gasteiger partial charge on any atom is -0.379 e. The molecule has 0 aromatic heterocycles. The second-order valence-corrected chi connectivity index (χ2v) is 6.17. The Kier molecular flexibility index (Phi) is 4.68. The van der Waals surface area contributed by atoms with Crippen LogP contribution in [0.1, 0.15) is 58.8 Å². The van der Waals surface area contributed by atoms with Gasteiger partial charge < -0.3 is 10.5 Å². The average Bonchev–Trinajstić information content (AvgIpc) is 2.80. The third kappa shape index (κ3) is 2.21. The van der Waals surface area contributed by atoms with Crippen LogP contribution in [0.15, 0.2) is 0 Å². The number of hydrogen-bond acceptors (Lipinski definition) is 3. The van der Waals surface area contributed by atoms with E-state index in [-0.39, 0.29) is 5.54 Å². The molecule has 1 saturated heterocycles. The fraction of sp³-hybridized carbons (Fsp3) is 1.00. The van der Waals surface area contributed by atoms with Gasteiger partial charge in [0.1, 0.15) is 0 Å². The number of nitrogens with zero attached hydrogens (tertiary/aromatic N) is 1. The van der Waals surface area contributed by atoms with Crippen LogP contribution in [-0.4, -0.2) is 42.3 Å². The van der Waals surface area contributed by atoms with Gasteiger partial charge in [0, 0.05) is 25.7 Å². The highest BCUT2D eigenvalue weighted by Gasteiger charge is 2.50. The molecule has 1 aliphatic carbocycles. The molecular formula is C15H30N2O. The van der Waals surface area contributed by atoms with Crippen molar-refractivity contribution in [3.63, 3.8) is 0 Å². The summed E-state index contributed by atoms with van der Waals surface area (Å²) >= 11 is 0. The van der Waals surface area contributed by atoms with Crippen LogP contribution in [-0.2, 0) is 4.74 Å². The molecule has 3 nitrogen and oxygen atoms in total. The van der Waals surface area contributed by atoms with Gasteiger partial charge in [-0.3, -0.25) is 4.90 Å². The number of methoxy groups -OCH3 is 1. The molecule has 2 fully saturated rings. The molecule has 1 heterocycles. The zero-order valence-corrected chi connectivity index (χ0v) is 12.3. The van der Waals surface area contributed by atoms with E-state index in [0.717, 1.165) is 6.54 Å². The SMILES string of the molecule is CCC1CCC(C)N1C1(CN)CCCCC1OC. The Morgan fingerprint density at radius 3 is 2.67 bits per heavy atom. The number of hydrogen-bond donors (Lipinski definition) is 1. The Morgan fingerprint density at radius 1 is 1.28 bits per heavy atom. The molecule has 0 radical (unpaired) electrons. The van der Waals surface area contributed by atoms with Gasteiger partial charge in [0.05, 0.1) is 11.6 Å². The quantitative estimate of drug-likeness (QED) is 0.838. The zero-order valence-electron chi connectivity index (χ0n) is 12.3. The van der Waals surface area contributed by atoms with Crippen molar-refractivity contribution in [1.82, 2.24) is 4.90 Å². The molecule has 3 heteroatoms. The zero-order chi connectivity index (χ0) is 13.2. The lowest BCUT2D eigenvalue weighted by molar-refractivity contribution is -0.0933. The molecule has 0 bridgehead atoms. The number of ether oxygens (including phenoxy) is 1. The molecule has 106 valence electrons. The maximum absolute atomic E-state index is 6.24. The third-order valence-electron chi connectivity index (χ3n) is 5.33. The Morgan fingerprint density at radius 2 is 2.06 bits per heavy atom. The Bertz CT molecular complexity index is 271. The minimum absolute atomic E-state index is 0.101. The molecule has 0 aromatic carbocycles. The van der Waals surface area contributed by atoms with Gasteiger partial charge >= 0.3 is 0 Å². The Labute approximate surface area is 112 Å². The van der Waals surface area contributed by atoms with Crippen molar-refractivity contribution in [2.45, 2.75) is 82.5 Å². The summed E-state index contributed by atoms with van der Waals surface area (Å²) in [6, 6.07) is 1.37. The maximum Gasteiger partial charge on any atom is 0.0767 e. The van der Waals surface area contributed by atoms with E-state index in [1.807, 2.05) is 7.11 Å². The first-order chi connectivity index (χ1) is 8.69. The summed E-state index contributed by atoms with van der Waals surface area (Å²) in [7, 11) is 1.86. The number of nitrogens with two attached hydrogens (primary N) is 1. The molecule has 2 N–H and O–H groups in total. The van der Waals surface area contributed by atoms with Gasteiger partial charge in [-0.1, -0.05) is 19.8 Å². The Balaban J connectivity index is 2.28. The van der Waals surface area contributed by atoms with Crippen molar-refractivity contribution in [2.24, 2.45) is 5.73 Å². The summed E-state index contributed by atoms with van der Waals surface area (Å²) in [5, 5.41) is 0. The molecule has 2 aliphatic rings. The van der Waals surface area contributed by atoms with Crippen molar-refractivity contribution < 1.29 is 4.74 Å². The van der Waals surface area contributed by atoms with Crippen molar-refractivity contribution in [2.75, 3.05) is 13.7 Å². The van der Waals surface area contributed by atoms with Crippen LogP contribution in [0.4, 0.5) is 0 Å². The highest BCUT2D eigenvalue weighted by molar-refractivity contribution is 5.06. The predicted octanol–water partition coefficient (Wildman–Crippen LogP) is 2.54. The Hall–Kier alpha value is -0.120. The maximum atomic E-state index is 6.24. The first-order valence-electron chi connectivity index (χ1n) is 7.71. The monoisotopic (exact) mass is 254 g/mol. The topological polar surface area (TPSA) is 38.5 Å². The van der Waals surface area contributed by atoms with Crippen LogP contribution < -0.4 is 5.73 Å². The van der Waals surface area contributed by atoms with Gasteiger partial charge in [-0.2, -0.15) is 0 Å². The van der Waals surface area contributed by atoms with Gasteiger partial charge in [-0.25, -0.2) is 0 Å². The lowest BCUT2D eigenvalue weighted by Gasteiger charge is -2.52. The summed E-state index contributed by atoms with van der Waals surface area (Å²) < 4.78 is 5.83. The molecule has 0 aromatic rings. The second kappa shape index (κ2) is 5.89. The summed E-state index contributed by atoms with van der Waals surface area (Å²) in [6.45, 7) is 5.42. The predicted molar refractivity (Wildman–Crippen MR) is 75.7 cm³/mol. The fourth-order valence-electron chi connectivity index (χ4n) is 4.44. The first kappa shape index (κ1) is 14.3. The largest absolute Gasteiger partial charge is 0.379 e. The van der Waals surface area contributed by atoms with E-state index >= 15 is 0 Å². The van der Waals surface area contributed by atoms with Gasteiger partial charge in [0.2, 0.25) is 0 Å². The van der Waals surface area contributed by atoms with Crippen molar-refractivity contribution in [3.05, 3.63) is 0 Å². The van der Waals surface area contributed by atoms with Gasteiger partial charge in [0.25, 0.3) is 0 Å². The molecule has 2 rings (SSSR count). The van der Waals surface area contributed by atoms with Crippen LogP contribution >= 0.6 is 0 Å². The fourth-order valence-corrected chi connectivity index (χ4v) is 4.44. The number of likely N-dealkylation sites (tertiary alicyclic amines) is 1. The molecule has 1 aliphatic heterocycles. The van der Waals surface area contributed by atoms with Gasteiger partial charge in [-0.15, -0.1) is 0 Å². The minimum atomic E-state index is 0.101. The van der Waals surface area contributed by atoms with Crippen LogP contribution in [0.2, 0.25) is 0 Å². The van der Waals surface area contributed by atoms with Crippen LogP contribution in [0.5, 0.6) is 0 Å². The first-order valence-corrected chi connectivity index (χ1v) is 7.71. The summed E-state index contributed by atoms with van der Waals surface area (Å²) in [5.41, 5.74) is 6.34. The van der Waals surface area contributed by atoms with Gasteiger partial charge in [0.15, 0.2) is 0 Å². The summed E-state index contributed by atoms with van der Waals surface area (Å²) in [5.74, 6) is 0. The van der Waals surface area contributed by atoms with E-state index in [1.165, 1.54) is 44.9 Å². The standard InChI is InChI=1S/C15H30N2O/c1-4-13-9-8-12(2)17(13)15(11-16)10-6-5-7-14(15)18-3/h12-14H,4-11,16H2,1-3H3. The summed E-state index contributed by atoms with van der Waals surface area (Å²) in [4.78, 5) is 2.74. The van der Waals surface area contributed by atoms with E-state index in [4.69, 9.17) is 10.5 Å². The van der Waals surface area contributed by atoms with Crippen LogP contribution in [0.3, 0.4) is 0 Å². The highest BCUT2D eigenvalue weighted by Crippen LogP contribution is 2.42. The molecule has 4 unspecified atom stereocenters. The molecule has 1 saturated carbocycles. The smallest absolute Gasteiger partial charge is 0.0767 e. The molecule has 0 amide bonds. The van der Waals surface area contributed by atoms with E-state index in [0.29, 0.717) is 18.2 Å². The third-order valence-corrected chi connectivity index (χ3v) is 5.33. The van der Waals surface area contributed by atoms with Crippen LogP contribution in [0.25, 0.3) is 0 Å². The molecule has 0 spiro atoms. The lowest BCUT2D eigenvalue weighted by atomic mass is 9.76. The molecule has 18 heavy (non-hydrogen) atoms. The van der Waals surface area contributed by atoms with Crippen molar-refractivity contribution >= 4 is 0 Å². The summed E-state index contributed by atoms with van der Waals surface area (Å²) in [6.07, 6.45) is 9.19. The van der Waals surface area contributed by atoms with Crippen molar-refractivity contribution in [3.8, 4) is 0 Å². The highest BCUT2D eigenvalue weighted by atomic mass is 16.5. The molecule has 4 atom stereocenters. The molecular weight excluding hydrogens is 224 g/mol. The van der Waals surface area contributed by atoms with E-state index < -0.39 is 0 Å². The van der Waals surface area contributed by atoms with Crippen LogP contribution in [0, 0.1) is 0 Å². The lowest BCUT2D eigenvalue weighted by Crippen LogP contribution is -2.65. The van der Waals surface area contributed by atoms with Gasteiger partial charge in [-0.05, 0) is 39.0 Å². The van der Waals surface area contributed by atoms with Crippen molar-refractivity contribution in [1.29, 1.82) is 0 Å². The van der Waals surface area contributed by atoms with E-state index in [1.54, 1.807) is 0 Å². The second-order valence-electron chi connectivity index (χ2n) is 6.17. The van der Waals surface area contributed by atoms with E-state index in [9.17, 15) is 0 Å². The normalized spacial score (nSPS) is 42.3. The van der Waals surface area contributed by atoms with E-state index in [2.05, 4.69) is 18.7 Å². The number of rotatable bonds is 4.